The average molecular weight is 277 g/mol. The van der Waals surface area contributed by atoms with Crippen molar-refractivity contribution in [2.75, 3.05) is 6.61 Å². The Morgan fingerprint density at radius 3 is 1.44 bits per heavy atom. The largest absolute Gasteiger partial charge is 1.00 e. The Balaban J connectivity index is -0.0000000233. The molecule has 0 fully saturated rings. The molecule has 0 aliphatic heterocycles. The van der Waals surface area contributed by atoms with E-state index in [9.17, 15) is 0 Å². The van der Waals surface area contributed by atoms with E-state index in [1.807, 2.05) is 0 Å². The molecule has 0 aliphatic carbocycles. The van der Waals surface area contributed by atoms with Crippen molar-refractivity contribution in [3.05, 3.63) is 0 Å². The zero-order valence-electron chi connectivity index (χ0n) is 5.88. The summed E-state index contributed by atoms with van der Waals surface area (Å²) in [5.41, 5.74) is 0. The second kappa shape index (κ2) is 22.4. The van der Waals surface area contributed by atoms with Gasteiger partial charge in [-0.15, -0.1) is 0 Å². The number of hydrogen-bond donors (Lipinski definition) is 1. The van der Waals surface area contributed by atoms with Gasteiger partial charge in [-0.3, -0.25) is 0 Å². The molecule has 44 valence electrons. The Bertz CT molecular complexity index is 45.1. The first-order chi connectivity index (χ1) is 3.15. The van der Waals surface area contributed by atoms with E-state index in [-0.39, 0.29) is 123 Å². The number of aliphatic hydroxyl groups is 1. The molecular formula is C3H6O4Rb2. The van der Waals surface area contributed by atoms with E-state index in [0.717, 1.165) is 0 Å². The minimum atomic E-state index is -2.33. The Morgan fingerprint density at radius 2 is 1.44 bits per heavy atom. The van der Waals surface area contributed by atoms with E-state index in [1.165, 1.54) is 0 Å². The number of carboxylic acid groups (broad SMARTS) is 2. The van der Waals surface area contributed by atoms with E-state index < -0.39 is 6.16 Å². The molecule has 0 saturated heterocycles. The molecule has 0 amide bonds. The van der Waals surface area contributed by atoms with Gasteiger partial charge < -0.3 is 20.1 Å². The van der Waals surface area contributed by atoms with Crippen LogP contribution in [0.3, 0.4) is 0 Å². The van der Waals surface area contributed by atoms with Crippen LogP contribution >= 0.6 is 0 Å². The molecule has 0 aromatic carbocycles. The maximum Gasteiger partial charge on any atom is 1.00 e. The van der Waals surface area contributed by atoms with E-state index in [1.54, 1.807) is 6.92 Å². The monoisotopic (exact) mass is 276 g/mol. The fraction of sp³-hybridized carbons (Fsp3) is 0.667. The van der Waals surface area contributed by atoms with Gasteiger partial charge in [0.25, 0.3) is 0 Å². The molecule has 0 heterocycles. The molecule has 0 bridgehead atoms. The van der Waals surface area contributed by atoms with Gasteiger partial charge in [0.05, 0.1) is 0 Å². The maximum atomic E-state index is 8.33. The van der Waals surface area contributed by atoms with Gasteiger partial charge in [0.15, 0.2) is 0 Å². The number of rotatable bonds is 0. The van der Waals surface area contributed by atoms with E-state index in [4.69, 9.17) is 20.1 Å². The van der Waals surface area contributed by atoms with Crippen molar-refractivity contribution in [2.24, 2.45) is 0 Å². The van der Waals surface area contributed by atoms with Gasteiger partial charge in [0.2, 0.25) is 0 Å². The zero-order valence-corrected chi connectivity index (χ0v) is 15.7. The summed E-state index contributed by atoms with van der Waals surface area (Å²) in [5.74, 6) is 0. The minimum Gasteiger partial charge on any atom is -0.652 e. The summed E-state index contributed by atoms with van der Waals surface area (Å²) in [6.07, 6.45) is -2.33. The van der Waals surface area contributed by atoms with Gasteiger partial charge >= 0.3 is 116 Å². The molecule has 0 aromatic heterocycles. The van der Waals surface area contributed by atoms with Crippen LogP contribution in [0.25, 0.3) is 0 Å². The molecule has 0 spiro atoms. The van der Waals surface area contributed by atoms with E-state index >= 15 is 0 Å². The Hall–Kier alpha value is 2.84. The molecule has 6 heteroatoms. The third-order valence-electron chi connectivity index (χ3n) is 0. The molecule has 9 heavy (non-hydrogen) atoms. The molecule has 0 atom stereocenters. The second-order valence-corrected chi connectivity index (χ2v) is 0.566. The van der Waals surface area contributed by atoms with Gasteiger partial charge in [-0.2, -0.15) is 0 Å². The van der Waals surface area contributed by atoms with Crippen LogP contribution in [0, 0.1) is 0 Å². The van der Waals surface area contributed by atoms with Gasteiger partial charge in [-0.25, -0.2) is 0 Å². The maximum absolute atomic E-state index is 8.33. The van der Waals surface area contributed by atoms with Crippen LogP contribution in [0.2, 0.25) is 0 Å². The van der Waals surface area contributed by atoms with Crippen LogP contribution in [0.4, 0.5) is 4.79 Å². The van der Waals surface area contributed by atoms with Crippen molar-refractivity contribution in [2.45, 2.75) is 6.92 Å². The van der Waals surface area contributed by atoms with Gasteiger partial charge in [0, 0.05) is 6.61 Å². The third kappa shape index (κ3) is 105. The normalized spacial score (nSPS) is 4.67. The zero-order chi connectivity index (χ0) is 6.28. The minimum absolute atomic E-state index is 0. The summed E-state index contributed by atoms with van der Waals surface area (Å²) in [6, 6.07) is 0. The average Bonchev–Trinajstić information content (AvgIpc) is 1.33. The number of hydrogen-bond acceptors (Lipinski definition) is 4. The summed E-state index contributed by atoms with van der Waals surface area (Å²) in [4.78, 5) is 8.33. The van der Waals surface area contributed by atoms with Crippen molar-refractivity contribution in [3.8, 4) is 0 Å². The number of carbonyl (C=O) groups excluding carboxylic acids is 1. The van der Waals surface area contributed by atoms with Crippen molar-refractivity contribution >= 4 is 6.16 Å². The van der Waals surface area contributed by atoms with Crippen LogP contribution in [0.15, 0.2) is 0 Å². The van der Waals surface area contributed by atoms with Crippen LogP contribution in [0.5, 0.6) is 0 Å². The quantitative estimate of drug-likeness (QED) is 0.476. The van der Waals surface area contributed by atoms with Crippen LogP contribution < -0.4 is 127 Å². The summed E-state index contributed by atoms with van der Waals surface area (Å²) < 4.78 is 0. The molecule has 0 radical (unpaired) electrons. The Kier molecular flexibility index (Phi) is 56.4. The van der Waals surface area contributed by atoms with E-state index in [0.29, 0.717) is 0 Å². The SMILES string of the molecule is CCO.O=C([O-])[O-].[Rb+].[Rb+]. The molecule has 0 saturated carbocycles. The smallest absolute Gasteiger partial charge is 0.652 e. The molecule has 0 aromatic rings. The fourth-order valence-electron chi connectivity index (χ4n) is 0. The van der Waals surface area contributed by atoms with Crippen LogP contribution in [-0.2, 0) is 0 Å². The van der Waals surface area contributed by atoms with Gasteiger partial charge in [0.1, 0.15) is 0 Å². The van der Waals surface area contributed by atoms with Gasteiger partial charge in [-0.1, -0.05) is 0 Å². The standard InChI is InChI=1S/C2H6O.CH2O3.2Rb/c1-2-3;2-1(3)4;;/h3H,2H2,1H3;(H2,2,3,4);;/q;;2*+1/p-2. The summed E-state index contributed by atoms with van der Waals surface area (Å²) in [5, 5.41) is 24.2. The van der Waals surface area contributed by atoms with Crippen molar-refractivity contribution < 1.29 is 136 Å². The van der Waals surface area contributed by atoms with Crippen molar-refractivity contribution in [1.29, 1.82) is 0 Å². The van der Waals surface area contributed by atoms with Crippen molar-refractivity contribution in [3.63, 3.8) is 0 Å². The fourth-order valence-corrected chi connectivity index (χ4v) is 0. The Morgan fingerprint density at radius 1 is 1.44 bits per heavy atom. The molecule has 0 aliphatic rings. The number of aliphatic hydroxyl groups excluding tert-OH is 1. The summed E-state index contributed by atoms with van der Waals surface area (Å²) >= 11 is 0. The first-order valence-electron chi connectivity index (χ1n) is 1.64. The predicted molar refractivity (Wildman–Crippen MR) is 18.2 cm³/mol. The van der Waals surface area contributed by atoms with Crippen molar-refractivity contribution in [1.82, 2.24) is 0 Å². The van der Waals surface area contributed by atoms with Crippen LogP contribution in [-0.4, -0.2) is 17.9 Å². The van der Waals surface area contributed by atoms with Gasteiger partial charge in [-0.05, 0) is 13.1 Å². The molecular weight excluding hydrogens is 271 g/mol. The summed E-state index contributed by atoms with van der Waals surface area (Å²) in [7, 11) is 0. The summed E-state index contributed by atoms with van der Waals surface area (Å²) in [6.45, 7) is 1.93. The third-order valence-corrected chi connectivity index (χ3v) is 0. The first kappa shape index (κ1) is 22.6. The Labute approximate surface area is 152 Å². The molecule has 0 rings (SSSR count). The molecule has 4 nitrogen and oxygen atoms in total. The molecule has 1 N–H and O–H groups in total. The first-order valence-corrected chi connectivity index (χ1v) is 1.64. The van der Waals surface area contributed by atoms with Crippen LogP contribution in [0.1, 0.15) is 6.92 Å². The molecule has 0 unspecified atom stereocenters. The van der Waals surface area contributed by atoms with E-state index in [2.05, 4.69) is 0 Å². The second-order valence-electron chi connectivity index (χ2n) is 0.566. The predicted octanol–water partition coefficient (Wildman–Crippen LogP) is -8.44. The number of carbonyl (C=O) groups is 1. The topological polar surface area (TPSA) is 83.4 Å².